The van der Waals surface area contributed by atoms with Gasteiger partial charge in [0.15, 0.2) is 0 Å². The molecule has 23 heavy (non-hydrogen) atoms. The number of aliphatic hydroxyl groups is 1. The second-order valence-corrected chi connectivity index (χ2v) is 7.44. The molecule has 1 amide bonds. The molecule has 2 heterocycles. The van der Waals surface area contributed by atoms with E-state index in [9.17, 15) is 9.90 Å². The molecule has 1 saturated carbocycles. The molecule has 0 aromatic carbocycles. The number of piperidine rings is 1. The molecule has 0 bridgehead atoms. The minimum absolute atomic E-state index is 0.0169. The normalized spacial score (nSPS) is 34.1. The Morgan fingerprint density at radius 2 is 1.91 bits per heavy atom. The maximum absolute atomic E-state index is 12.1. The molecule has 6 heteroatoms. The van der Waals surface area contributed by atoms with Crippen LogP contribution in [0.1, 0.15) is 38.5 Å². The molecule has 2 saturated heterocycles. The second kappa shape index (κ2) is 7.92. The van der Waals surface area contributed by atoms with E-state index >= 15 is 0 Å². The van der Waals surface area contributed by atoms with Crippen LogP contribution in [0.15, 0.2) is 0 Å². The zero-order valence-electron chi connectivity index (χ0n) is 14.2. The smallest absolute Gasteiger partial charge is 0.223 e. The molecule has 2 aliphatic heterocycles. The number of aliphatic hydroxyl groups excluding tert-OH is 1. The first-order valence-corrected chi connectivity index (χ1v) is 9.15. The molecular formula is C17H31N3O3. The van der Waals surface area contributed by atoms with Crippen molar-refractivity contribution < 1.29 is 14.6 Å². The number of rotatable bonds is 5. The van der Waals surface area contributed by atoms with Crippen molar-refractivity contribution in [2.45, 2.75) is 62.8 Å². The van der Waals surface area contributed by atoms with Crippen molar-refractivity contribution in [1.82, 2.24) is 15.5 Å². The molecule has 1 aliphatic carbocycles. The van der Waals surface area contributed by atoms with E-state index in [1.165, 1.54) is 0 Å². The number of hydrogen-bond acceptors (Lipinski definition) is 5. The first-order valence-electron chi connectivity index (χ1n) is 9.15. The summed E-state index contributed by atoms with van der Waals surface area (Å²) in [5.41, 5.74) is 0. The van der Waals surface area contributed by atoms with Crippen molar-refractivity contribution >= 4 is 5.91 Å². The zero-order valence-corrected chi connectivity index (χ0v) is 14.2. The number of amides is 1. The molecule has 3 fully saturated rings. The minimum Gasteiger partial charge on any atom is -0.389 e. The third kappa shape index (κ3) is 4.44. The highest BCUT2D eigenvalue weighted by Crippen LogP contribution is 2.25. The lowest BCUT2D eigenvalue weighted by Crippen LogP contribution is -2.51. The average molecular weight is 325 g/mol. The molecule has 0 unspecified atom stereocenters. The fourth-order valence-electron chi connectivity index (χ4n) is 4.02. The predicted molar refractivity (Wildman–Crippen MR) is 88.2 cm³/mol. The highest BCUT2D eigenvalue weighted by molar-refractivity contribution is 5.78. The Morgan fingerprint density at radius 3 is 2.61 bits per heavy atom. The quantitative estimate of drug-likeness (QED) is 0.669. The van der Waals surface area contributed by atoms with Gasteiger partial charge < -0.3 is 25.4 Å². The molecule has 0 aromatic heterocycles. The van der Waals surface area contributed by atoms with Gasteiger partial charge in [-0.3, -0.25) is 4.79 Å². The first kappa shape index (κ1) is 17.1. The summed E-state index contributed by atoms with van der Waals surface area (Å²) in [6.45, 7) is 3.14. The molecule has 0 aromatic rings. The van der Waals surface area contributed by atoms with E-state index in [-0.39, 0.29) is 24.0 Å². The van der Waals surface area contributed by atoms with E-state index in [2.05, 4.69) is 22.6 Å². The van der Waals surface area contributed by atoms with Crippen LogP contribution in [0, 0.1) is 5.92 Å². The molecule has 132 valence electrons. The lowest BCUT2D eigenvalue weighted by atomic mass is 10.0. The number of ether oxygens (including phenoxy) is 1. The van der Waals surface area contributed by atoms with Gasteiger partial charge in [0.2, 0.25) is 5.91 Å². The Hall–Kier alpha value is -0.690. The standard InChI is InChI=1S/C17H31N3O3/c1-20-8-6-13(7-9-20)19-14-11-23-15(16(14)21)10-18-17(22)12-4-2-3-5-12/h12-16,19,21H,2-11H2,1H3,(H,18,22)/t14-,15-,16+/m1/s1. The number of carbonyl (C=O) groups is 1. The topological polar surface area (TPSA) is 73.8 Å². The largest absolute Gasteiger partial charge is 0.389 e. The lowest BCUT2D eigenvalue weighted by molar-refractivity contribution is -0.125. The maximum Gasteiger partial charge on any atom is 0.223 e. The highest BCUT2D eigenvalue weighted by atomic mass is 16.5. The highest BCUT2D eigenvalue weighted by Gasteiger charge is 2.37. The number of nitrogens with zero attached hydrogens (tertiary/aromatic N) is 1. The van der Waals surface area contributed by atoms with Gasteiger partial charge in [0.25, 0.3) is 0 Å². The molecule has 3 aliphatic rings. The number of hydrogen-bond donors (Lipinski definition) is 3. The molecule has 3 atom stereocenters. The second-order valence-electron chi connectivity index (χ2n) is 7.44. The summed E-state index contributed by atoms with van der Waals surface area (Å²) in [4.78, 5) is 14.4. The third-order valence-electron chi connectivity index (χ3n) is 5.65. The van der Waals surface area contributed by atoms with Crippen molar-refractivity contribution in [2.75, 3.05) is 33.3 Å². The van der Waals surface area contributed by atoms with Gasteiger partial charge in [-0.2, -0.15) is 0 Å². The summed E-state index contributed by atoms with van der Waals surface area (Å²) in [5, 5.41) is 17.0. The van der Waals surface area contributed by atoms with Gasteiger partial charge in [0.05, 0.1) is 18.8 Å². The Balaban J connectivity index is 1.39. The van der Waals surface area contributed by atoms with E-state index in [0.29, 0.717) is 19.2 Å². The van der Waals surface area contributed by atoms with Gasteiger partial charge >= 0.3 is 0 Å². The molecular weight excluding hydrogens is 294 g/mol. The van der Waals surface area contributed by atoms with Crippen LogP contribution in [0.2, 0.25) is 0 Å². The van der Waals surface area contributed by atoms with Crippen LogP contribution < -0.4 is 10.6 Å². The van der Waals surface area contributed by atoms with Crippen molar-refractivity contribution in [2.24, 2.45) is 5.92 Å². The summed E-state index contributed by atoms with van der Waals surface area (Å²) in [6, 6.07) is 0.443. The lowest BCUT2D eigenvalue weighted by Gasteiger charge is -2.32. The van der Waals surface area contributed by atoms with Crippen molar-refractivity contribution in [1.29, 1.82) is 0 Å². The van der Waals surface area contributed by atoms with Gasteiger partial charge in [-0.15, -0.1) is 0 Å². The zero-order chi connectivity index (χ0) is 16.2. The Kier molecular flexibility index (Phi) is 5.91. The van der Waals surface area contributed by atoms with Crippen LogP contribution in [-0.2, 0) is 9.53 Å². The van der Waals surface area contributed by atoms with Crippen LogP contribution in [0.5, 0.6) is 0 Å². The summed E-state index contributed by atoms with van der Waals surface area (Å²) < 4.78 is 5.72. The first-order chi connectivity index (χ1) is 11.1. The van der Waals surface area contributed by atoms with E-state index in [1.807, 2.05) is 0 Å². The summed E-state index contributed by atoms with van der Waals surface area (Å²) in [7, 11) is 2.15. The SMILES string of the molecule is CN1CCC(N[C@@H]2CO[C@H](CNC(=O)C3CCCC3)[C@H]2O)CC1. The van der Waals surface area contributed by atoms with Gasteiger partial charge in [0, 0.05) is 18.5 Å². The van der Waals surface area contributed by atoms with Crippen LogP contribution in [-0.4, -0.2) is 73.5 Å². The monoisotopic (exact) mass is 325 g/mol. The van der Waals surface area contributed by atoms with E-state index in [4.69, 9.17) is 4.74 Å². The minimum atomic E-state index is -0.543. The summed E-state index contributed by atoms with van der Waals surface area (Å²) in [6.07, 6.45) is 5.71. The van der Waals surface area contributed by atoms with Gasteiger partial charge in [-0.1, -0.05) is 12.8 Å². The van der Waals surface area contributed by atoms with Crippen LogP contribution >= 0.6 is 0 Å². The van der Waals surface area contributed by atoms with E-state index < -0.39 is 6.10 Å². The molecule has 0 radical (unpaired) electrons. The van der Waals surface area contributed by atoms with Crippen LogP contribution in [0.25, 0.3) is 0 Å². The summed E-state index contributed by atoms with van der Waals surface area (Å²) in [5.74, 6) is 0.298. The van der Waals surface area contributed by atoms with E-state index in [0.717, 1.165) is 51.6 Å². The third-order valence-corrected chi connectivity index (χ3v) is 5.65. The van der Waals surface area contributed by atoms with Crippen molar-refractivity contribution in [3.05, 3.63) is 0 Å². The molecule has 3 rings (SSSR count). The van der Waals surface area contributed by atoms with Gasteiger partial charge in [0.1, 0.15) is 6.10 Å². The molecule has 0 spiro atoms. The Morgan fingerprint density at radius 1 is 1.22 bits per heavy atom. The fraction of sp³-hybridized carbons (Fsp3) is 0.941. The number of likely N-dealkylation sites (tertiary alicyclic amines) is 1. The van der Waals surface area contributed by atoms with E-state index in [1.54, 1.807) is 0 Å². The summed E-state index contributed by atoms with van der Waals surface area (Å²) >= 11 is 0. The maximum atomic E-state index is 12.1. The fourth-order valence-corrected chi connectivity index (χ4v) is 4.02. The van der Waals surface area contributed by atoms with Gasteiger partial charge in [-0.25, -0.2) is 0 Å². The number of nitrogens with one attached hydrogen (secondary N) is 2. The van der Waals surface area contributed by atoms with Crippen molar-refractivity contribution in [3.63, 3.8) is 0 Å². The van der Waals surface area contributed by atoms with Crippen LogP contribution in [0.3, 0.4) is 0 Å². The Labute approximate surface area is 138 Å². The Bertz CT molecular complexity index is 393. The number of carbonyl (C=O) groups excluding carboxylic acids is 1. The van der Waals surface area contributed by atoms with Gasteiger partial charge in [-0.05, 0) is 45.8 Å². The molecule has 6 nitrogen and oxygen atoms in total. The van der Waals surface area contributed by atoms with Crippen molar-refractivity contribution in [3.8, 4) is 0 Å². The molecule has 3 N–H and O–H groups in total. The average Bonchev–Trinajstić information content (AvgIpc) is 3.19. The predicted octanol–water partition coefficient (Wildman–Crippen LogP) is 0.105. The van der Waals surface area contributed by atoms with Crippen LogP contribution in [0.4, 0.5) is 0 Å².